The van der Waals surface area contributed by atoms with Gasteiger partial charge in [-0.25, -0.2) is 4.39 Å². The van der Waals surface area contributed by atoms with Crippen LogP contribution < -0.4 is 14.8 Å². The third-order valence-corrected chi connectivity index (χ3v) is 3.11. The van der Waals surface area contributed by atoms with Crippen LogP contribution in [-0.4, -0.2) is 19.6 Å². The molecule has 2 aromatic carbocycles. The van der Waals surface area contributed by atoms with Gasteiger partial charge in [-0.3, -0.25) is 4.79 Å². The molecule has 0 atom stereocenters. The predicted octanol–water partition coefficient (Wildman–Crippen LogP) is 3.18. The number of nitrogens with one attached hydrogen (secondary N) is 1. The molecule has 2 aromatic rings. The topological polar surface area (TPSA) is 47.6 Å². The number of amides is 1. The first-order valence-corrected chi connectivity index (χ1v) is 6.94. The molecule has 1 N–H and O–H groups in total. The van der Waals surface area contributed by atoms with Crippen molar-refractivity contribution in [1.82, 2.24) is 5.32 Å². The molecule has 6 heteroatoms. The molecule has 0 spiro atoms. The first-order valence-electron chi connectivity index (χ1n) is 6.56. The van der Waals surface area contributed by atoms with Gasteiger partial charge in [0.05, 0.1) is 7.11 Å². The third kappa shape index (κ3) is 4.63. The van der Waals surface area contributed by atoms with Crippen molar-refractivity contribution in [1.29, 1.82) is 0 Å². The van der Waals surface area contributed by atoms with Gasteiger partial charge < -0.3 is 14.8 Å². The van der Waals surface area contributed by atoms with Crippen molar-refractivity contribution in [2.24, 2.45) is 0 Å². The van der Waals surface area contributed by atoms with Crippen molar-refractivity contribution >= 4 is 17.5 Å². The Labute approximate surface area is 132 Å². The molecule has 0 heterocycles. The Hall–Kier alpha value is -2.27. The van der Waals surface area contributed by atoms with Crippen molar-refractivity contribution in [3.05, 3.63) is 58.9 Å². The second-order valence-corrected chi connectivity index (χ2v) is 4.93. The summed E-state index contributed by atoms with van der Waals surface area (Å²) in [7, 11) is 1.38. The van der Waals surface area contributed by atoms with E-state index in [1.165, 1.54) is 25.3 Å². The minimum Gasteiger partial charge on any atom is -0.494 e. The molecule has 0 aromatic heterocycles. The van der Waals surface area contributed by atoms with Crippen LogP contribution in [0, 0.1) is 5.82 Å². The van der Waals surface area contributed by atoms with Gasteiger partial charge in [0.2, 0.25) is 0 Å². The van der Waals surface area contributed by atoms with Crippen LogP contribution in [0.15, 0.2) is 42.5 Å². The minimum atomic E-state index is -0.542. The molecule has 0 unspecified atom stereocenters. The van der Waals surface area contributed by atoms with Crippen molar-refractivity contribution in [2.75, 3.05) is 13.7 Å². The van der Waals surface area contributed by atoms with E-state index in [4.69, 9.17) is 21.1 Å². The molecule has 0 aliphatic heterocycles. The van der Waals surface area contributed by atoms with Gasteiger partial charge in [-0.05, 0) is 29.8 Å². The Kier molecular flexibility index (Phi) is 5.61. The van der Waals surface area contributed by atoms with Crippen molar-refractivity contribution in [3.63, 3.8) is 0 Å². The van der Waals surface area contributed by atoms with Crippen LogP contribution in [0.4, 0.5) is 4.39 Å². The van der Waals surface area contributed by atoms with Crippen LogP contribution in [0.1, 0.15) is 5.56 Å². The van der Waals surface area contributed by atoms with Crippen molar-refractivity contribution < 1.29 is 18.7 Å². The smallest absolute Gasteiger partial charge is 0.258 e. The van der Waals surface area contributed by atoms with E-state index in [1.807, 2.05) is 6.07 Å². The Morgan fingerprint density at radius 1 is 1.27 bits per heavy atom. The second kappa shape index (κ2) is 7.66. The maximum Gasteiger partial charge on any atom is 0.258 e. The van der Waals surface area contributed by atoms with E-state index in [9.17, 15) is 9.18 Å². The summed E-state index contributed by atoms with van der Waals surface area (Å²) < 4.78 is 23.5. The molecule has 0 bridgehead atoms. The van der Waals surface area contributed by atoms with Gasteiger partial charge in [-0.2, -0.15) is 0 Å². The van der Waals surface area contributed by atoms with E-state index >= 15 is 0 Å². The maximum atomic E-state index is 13.5. The summed E-state index contributed by atoms with van der Waals surface area (Å²) in [4.78, 5) is 11.7. The van der Waals surface area contributed by atoms with E-state index in [0.29, 0.717) is 11.6 Å². The number of carbonyl (C=O) groups is 1. The molecular formula is C16H15ClFNO3. The van der Waals surface area contributed by atoms with E-state index in [2.05, 4.69) is 5.32 Å². The largest absolute Gasteiger partial charge is 0.494 e. The average molecular weight is 324 g/mol. The fourth-order valence-corrected chi connectivity index (χ4v) is 2.00. The Bertz CT molecular complexity index is 664. The minimum absolute atomic E-state index is 0.123. The number of halogens is 2. The molecule has 0 aliphatic carbocycles. The van der Waals surface area contributed by atoms with Crippen LogP contribution in [0.2, 0.25) is 5.02 Å². The summed E-state index contributed by atoms with van der Waals surface area (Å²) in [6, 6.07) is 11.3. The molecule has 0 fully saturated rings. The standard InChI is InChI=1S/C16H15ClFNO3/c1-21-15-6-5-13(8-14(15)18)22-10-16(20)19-9-11-3-2-4-12(17)7-11/h2-8H,9-10H2,1H3,(H,19,20). The number of carbonyl (C=O) groups excluding carboxylic acids is 1. The molecular weight excluding hydrogens is 309 g/mol. The van der Waals surface area contributed by atoms with Crippen molar-refractivity contribution in [3.8, 4) is 11.5 Å². The quantitative estimate of drug-likeness (QED) is 0.888. The Morgan fingerprint density at radius 3 is 2.77 bits per heavy atom. The average Bonchev–Trinajstić information content (AvgIpc) is 2.51. The lowest BCUT2D eigenvalue weighted by molar-refractivity contribution is -0.123. The highest BCUT2D eigenvalue weighted by atomic mass is 35.5. The Morgan fingerprint density at radius 2 is 2.09 bits per heavy atom. The van der Waals surface area contributed by atoms with E-state index < -0.39 is 5.82 Å². The molecule has 1 amide bonds. The number of ether oxygens (including phenoxy) is 2. The number of hydrogen-bond acceptors (Lipinski definition) is 3. The normalized spacial score (nSPS) is 10.1. The number of methoxy groups -OCH3 is 1. The first kappa shape index (κ1) is 16.1. The zero-order valence-corrected chi connectivity index (χ0v) is 12.7. The molecule has 0 saturated carbocycles. The molecule has 2 rings (SSSR count). The van der Waals surface area contributed by atoms with Crippen LogP contribution >= 0.6 is 11.6 Å². The SMILES string of the molecule is COc1ccc(OCC(=O)NCc2cccc(Cl)c2)cc1F. The molecule has 116 valence electrons. The maximum absolute atomic E-state index is 13.5. The van der Waals surface area contributed by atoms with E-state index in [0.717, 1.165) is 5.56 Å². The summed E-state index contributed by atoms with van der Waals surface area (Å²) in [5, 5.41) is 3.30. The van der Waals surface area contributed by atoms with Gasteiger partial charge >= 0.3 is 0 Å². The summed E-state index contributed by atoms with van der Waals surface area (Å²) in [6.45, 7) is 0.145. The van der Waals surface area contributed by atoms with Crippen LogP contribution in [0.25, 0.3) is 0 Å². The van der Waals surface area contributed by atoms with E-state index in [1.54, 1.807) is 18.2 Å². The number of rotatable bonds is 6. The van der Waals surface area contributed by atoms with E-state index in [-0.39, 0.29) is 24.0 Å². The highest BCUT2D eigenvalue weighted by Crippen LogP contribution is 2.22. The first-order chi connectivity index (χ1) is 10.6. The van der Waals surface area contributed by atoms with Gasteiger partial charge in [-0.1, -0.05) is 23.7 Å². The lowest BCUT2D eigenvalue weighted by Crippen LogP contribution is -2.28. The van der Waals surface area contributed by atoms with Crippen LogP contribution in [0.5, 0.6) is 11.5 Å². The lowest BCUT2D eigenvalue weighted by atomic mass is 10.2. The third-order valence-electron chi connectivity index (χ3n) is 2.87. The Balaban J connectivity index is 1.81. The molecule has 4 nitrogen and oxygen atoms in total. The molecule has 0 aliphatic rings. The zero-order chi connectivity index (χ0) is 15.9. The summed E-state index contributed by atoms with van der Waals surface area (Å²) in [5.74, 6) is -0.468. The monoisotopic (exact) mass is 323 g/mol. The van der Waals surface area contributed by atoms with Gasteiger partial charge in [0.15, 0.2) is 18.2 Å². The number of hydrogen-bond donors (Lipinski definition) is 1. The van der Waals surface area contributed by atoms with Crippen molar-refractivity contribution in [2.45, 2.75) is 6.54 Å². The summed E-state index contributed by atoms with van der Waals surface area (Å²) in [5.41, 5.74) is 0.886. The molecule has 0 radical (unpaired) electrons. The van der Waals surface area contributed by atoms with Crippen LogP contribution in [0.3, 0.4) is 0 Å². The van der Waals surface area contributed by atoms with Gasteiger partial charge in [0.25, 0.3) is 5.91 Å². The fourth-order valence-electron chi connectivity index (χ4n) is 1.78. The summed E-state index contributed by atoms with van der Waals surface area (Å²) in [6.07, 6.45) is 0. The predicted molar refractivity (Wildman–Crippen MR) is 81.7 cm³/mol. The number of benzene rings is 2. The van der Waals surface area contributed by atoms with Crippen LogP contribution in [-0.2, 0) is 11.3 Å². The lowest BCUT2D eigenvalue weighted by Gasteiger charge is -2.09. The molecule has 0 saturated heterocycles. The van der Waals surface area contributed by atoms with Gasteiger partial charge in [-0.15, -0.1) is 0 Å². The van der Waals surface area contributed by atoms with Gasteiger partial charge in [0, 0.05) is 17.6 Å². The highest BCUT2D eigenvalue weighted by molar-refractivity contribution is 6.30. The highest BCUT2D eigenvalue weighted by Gasteiger charge is 2.07. The van der Waals surface area contributed by atoms with Gasteiger partial charge in [0.1, 0.15) is 5.75 Å². The molecule has 22 heavy (non-hydrogen) atoms. The summed E-state index contributed by atoms with van der Waals surface area (Å²) >= 11 is 5.86. The second-order valence-electron chi connectivity index (χ2n) is 4.49. The fraction of sp³-hybridized carbons (Fsp3) is 0.188. The zero-order valence-electron chi connectivity index (χ0n) is 11.9.